The molecular weight excluding hydrogens is 354 g/mol. The van der Waals surface area contributed by atoms with E-state index in [4.69, 9.17) is 14.2 Å². The third-order valence-electron chi connectivity index (χ3n) is 3.09. The lowest BCUT2D eigenvalue weighted by Crippen LogP contribution is -2.38. The molecule has 150 valence electrons. The highest BCUT2D eigenvalue weighted by molar-refractivity contribution is 5.93. The molecule has 1 atom stereocenters. The number of methoxy groups -OCH3 is 1. The summed E-state index contributed by atoms with van der Waals surface area (Å²) in [4.78, 5) is 35.8. The Morgan fingerprint density at radius 2 is 1.56 bits per heavy atom. The van der Waals surface area contributed by atoms with Crippen LogP contribution in [0.1, 0.15) is 63.5 Å². The first-order valence-corrected chi connectivity index (χ1v) is 8.37. The van der Waals surface area contributed by atoms with Crippen LogP contribution in [0.3, 0.4) is 0 Å². The van der Waals surface area contributed by atoms with Gasteiger partial charge in [-0.2, -0.15) is 0 Å². The van der Waals surface area contributed by atoms with E-state index in [9.17, 15) is 19.5 Å². The predicted molar refractivity (Wildman–Crippen MR) is 97.9 cm³/mol. The lowest BCUT2D eigenvalue weighted by atomic mass is 10.0. The zero-order valence-electron chi connectivity index (χ0n) is 16.7. The molecule has 0 spiro atoms. The van der Waals surface area contributed by atoms with E-state index in [0.29, 0.717) is 0 Å². The molecule has 8 heteroatoms. The number of carbonyl (C=O) groups excluding carboxylic acids is 2. The van der Waals surface area contributed by atoms with Crippen LogP contribution in [0.5, 0.6) is 5.75 Å². The molecule has 0 aromatic heterocycles. The maximum Gasteiger partial charge on any atom is 0.408 e. The van der Waals surface area contributed by atoms with Gasteiger partial charge < -0.3 is 24.6 Å². The van der Waals surface area contributed by atoms with Crippen molar-refractivity contribution in [1.29, 1.82) is 0 Å². The summed E-state index contributed by atoms with van der Waals surface area (Å²) in [6.45, 7) is 10.2. The lowest BCUT2D eigenvalue weighted by Gasteiger charge is -2.23. The molecule has 0 fully saturated rings. The van der Waals surface area contributed by atoms with E-state index >= 15 is 0 Å². The number of carboxylic acid groups (broad SMARTS) is 1. The first-order valence-electron chi connectivity index (χ1n) is 8.37. The first kappa shape index (κ1) is 22.3. The van der Waals surface area contributed by atoms with Crippen molar-refractivity contribution in [2.45, 2.75) is 58.8 Å². The number of carboxylic acids is 1. The molecular formula is C19H27NO7. The van der Waals surface area contributed by atoms with Crippen LogP contribution >= 0.6 is 0 Å². The van der Waals surface area contributed by atoms with Gasteiger partial charge in [0, 0.05) is 0 Å². The summed E-state index contributed by atoms with van der Waals surface area (Å²) in [5.41, 5.74) is -1.09. The molecule has 27 heavy (non-hydrogen) atoms. The van der Waals surface area contributed by atoms with Crippen LogP contribution in [0.4, 0.5) is 4.79 Å². The van der Waals surface area contributed by atoms with Gasteiger partial charge in [-0.1, -0.05) is 6.07 Å². The van der Waals surface area contributed by atoms with Gasteiger partial charge in [0.25, 0.3) is 0 Å². The molecule has 8 nitrogen and oxygen atoms in total. The average Bonchev–Trinajstić information content (AvgIpc) is 2.48. The maximum absolute atomic E-state index is 12.3. The summed E-state index contributed by atoms with van der Waals surface area (Å²) in [5.74, 6) is -1.75. The molecule has 0 aliphatic carbocycles. The summed E-state index contributed by atoms with van der Waals surface area (Å²) in [6, 6.07) is 2.81. The van der Waals surface area contributed by atoms with Gasteiger partial charge in [-0.3, -0.25) is 0 Å². The minimum absolute atomic E-state index is 0.138. The molecule has 1 aromatic rings. The van der Waals surface area contributed by atoms with E-state index in [1.54, 1.807) is 41.5 Å². The summed E-state index contributed by atoms with van der Waals surface area (Å²) in [7, 11) is 1.35. The normalized spacial score (nSPS) is 12.7. The second-order valence-corrected chi connectivity index (χ2v) is 7.88. The summed E-state index contributed by atoms with van der Waals surface area (Å²) in [6.07, 6.45) is -0.870. The smallest absolute Gasteiger partial charge is 0.408 e. The van der Waals surface area contributed by atoms with Crippen LogP contribution < -0.4 is 10.1 Å². The van der Waals surface area contributed by atoms with Gasteiger partial charge in [0.05, 0.1) is 7.11 Å². The standard InChI is InChI=1S/C19H27NO7/c1-18(2,3)26-16(23)12-9-8-11(10-13(12)25-7)14(15(21)22)20-17(24)27-19(4,5)6/h8-10,14H,1-7H3,(H,20,24)(H,21,22). The Kier molecular flexibility index (Phi) is 6.83. The topological polar surface area (TPSA) is 111 Å². The number of nitrogens with one attached hydrogen (secondary N) is 1. The molecule has 1 rings (SSSR count). The zero-order chi connectivity index (χ0) is 21.0. The van der Waals surface area contributed by atoms with Crippen molar-refractivity contribution in [1.82, 2.24) is 5.32 Å². The number of hydrogen-bond acceptors (Lipinski definition) is 6. The van der Waals surface area contributed by atoms with E-state index in [0.717, 1.165) is 0 Å². The summed E-state index contributed by atoms with van der Waals surface area (Å²) < 4.78 is 15.6. The van der Waals surface area contributed by atoms with Gasteiger partial charge in [0.1, 0.15) is 22.5 Å². The van der Waals surface area contributed by atoms with E-state index < -0.39 is 35.3 Å². The van der Waals surface area contributed by atoms with Crippen molar-refractivity contribution in [2.75, 3.05) is 7.11 Å². The van der Waals surface area contributed by atoms with Crippen molar-refractivity contribution in [3.63, 3.8) is 0 Å². The Bertz CT molecular complexity index is 714. The Balaban J connectivity index is 3.14. The number of aliphatic carboxylic acids is 1. The maximum atomic E-state index is 12.3. The van der Waals surface area contributed by atoms with E-state index in [1.165, 1.54) is 25.3 Å². The number of ether oxygens (including phenoxy) is 3. The van der Waals surface area contributed by atoms with E-state index in [1.807, 2.05) is 0 Å². The Morgan fingerprint density at radius 1 is 1.00 bits per heavy atom. The van der Waals surface area contributed by atoms with Crippen LogP contribution in [0.25, 0.3) is 0 Å². The molecule has 1 aromatic carbocycles. The molecule has 0 aliphatic rings. The zero-order valence-corrected chi connectivity index (χ0v) is 16.7. The Hall–Kier alpha value is -2.77. The van der Waals surface area contributed by atoms with E-state index in [-0.39, 0.29) is 16.9 Å². The molecule has 1 amide bonds. The van der Waals surface area contributed by atoms with Gasteiger partial charge in [-0.25, -0.2) is 14.4 Å². The number of rotatable bonds is 5. The number of carbonyl (C=O) groups is 3. The second-order valence-electron chi connectivity index (χ2n) is 7.88. The second kappa shape index (κ2) is 8.28. The van der Waals surface area contributed by atoms with Crippen molar-refractivity contribution >= 4 is 18.0 Å². The minimum atomic E-state index is -1.37. The van der Waals surface area contributed by atoms with Gasteiger partial charge in [-0.05, 0) is 59.2 Å². The minimum Gasteiger partial charge on any atom is -0.496 e. The first-order chi connectivity index (χ1) is 12.2. The number of alkyl carbamates (subject to hydrolysis) is 1. The van der Waals surface area contributed by atoms with Gasteiger partial charge >= 0.3 is 18.0 Å². The molecule has 2 N–H and O–H groups in total. The van der Waals surface area contributed by atoms with Crippen LogP contribution in [-0.2, 0) is 14.3 Å². The molecule has 0 aliphatic heterocycles. The number of benzene rings is 1. The van der Waals surface area contributed by atoms with Crippen molar-refractivity contribution in [2.24, 2.45) is 0 Å². The molecule has 0 saturated carbocycles. The molecule has 0 radical (unpaired) electrons. The van der Waals surface area contributed by atoms with Crippen LogP contribution in [0.15, 0.2) is 18.2 Å². The molecule has 0 saturated heterocycles. The lowest BCUT2D eigenvalue weighted by molar-refractivity contribution is -0.139. The molecule has 0 heterocycles. The quantitative estimate of drug-likeness (QED) is 0.753. The van der Waals surface area contributed by atoms with E-state index in [2.05, 4.69) is 5.32 Å². The van der Waals surface area contributed by atoms with Gasteiger partial charge in [0.15, 0.2) is 6.04 Å². The van der Waals surface area contributed by atoms with Crippen molar-refractivity contribution in [3.8, 4) is 5.75 Å². The van der Waals surface area contributed by atoms with Gasteiger partial charge in [-0.15, -0.1) is 0 Å². The predicted octanol–water partition coefficient (Wildman–Crippen LogP) is 3.30. The number of esters is 1. The number of amides is 1. The fourth-order valence-corrected chi connectivity index (χ4v) is 2.10. The largest absolute Gasteiger partial charge is 0.496 e. The highest BCUT2D eigenvalue weighted by Gasteiger charge is 2.28. The van der Waals surface area contributed by atoms with Gasteiger partial charge in [0.2, 0.25) is 0 Å². The van der Waals surface area contributed by atoms with Crippen LogP contribution in [0, 0.1) is 0 Å². The monoisotopic (exact) mass is 381 g/mol. The fraction of sp³-hybridized carbons (Fsp3) is 0.526. The highest BCUT2D eigenvalue weighted by Crippen LogP contribution is 2.26. The van der Waals surface area contributed by atoms with Crippen LogP contribution in [0.2, 0.25) is 0 Å². The van der Waals surface area contributed by atoms with Crippen molar-refractivity contribution < 1.29 is 33.7 Å². The highest BCUT2D eigenvalue weighted by atomic mass is 16.6. The number of hydrogen-bond donors (Lipinski definition) is 2. The third kappa shape index (κ3) is 7.16. The third-order valence-corrected chi connectivity index (χ3v) is 3.09. The van der Waals surface area contributed by atoms with Crippen molar-refractivity contribution in [3.05, 3.63) is 29.3 Å². The Labute approximate surface area is 158 Å². The fourth-order valence-electron chi connectivity index (χ4n) is 2.10. The average molecular weight is 381 g/mol. The molecule has 0 bridgehead atoms. The Morgan fingerprint density at radius 3 is 2.00 bits per heavy atom. The summed E-state index contributed by atoms with van der Waals surface area (Å²) >= 11 is 0. The summed E-state index contributed by atoms with van der Waals surface area (Å²) in [5, 5.41) is 11.8. The SMILES string of the molecule is COc1cc(C(NC(=O)OC(C)(C)C)C(=O)O)ccc1C(=O)OC(C)(C)C. The van der Waals surface area contributed by atoms with Crippen LogP contribution in [-0.4, -0.2) is 41.5 Å². The molecule has 1 unspecified atom stereocenters.